The second-order valence-electron chi connectivity index (χ2n) is 6.25. The Kier molecular flexibility index (Phi) is 11.6. The maximum absolute atomic E-state index is 12.0. The van der Waals surface area contributed by atoms with Gasteiger partial charge in [0.1, 0.15) is 0 Å². The number of hydrogen-bond acceptors (Lipinski definition) is 4. The van der Waals surface area contributed by atoms with Gasteiger partial charge in [0, 0.05) is 36.0 Å². The molecule has 0 radical (unpaired) electrons. The molecular formula is C18H26Cl3N3O2. The van der Waals surface area contributed by atoms with E-state index in [9.17, 15) is 4.79 Å². The molecule has 1 aromatic heterocycles. The summed E-state index contributed by atoms with van der Waals surface area (Å²) in [6.07, 6.45) is 3.33. The molecule has 0 fully saturated rings. The number of oxazole rings is 1. The van der Waals surface area contributed by atoms with Gasteiger partial charge in [-0.25, -0.2) is 4.98 Å². The fourth-order valence-corrected chi connectivity index (χ4v) is 2.60. The molecule has 0 saturated heterocycles. The van der Waals surface area contributed by atoms with Crippen molar-refractivity contribution in [2.45, 2.75) is 39.2 Å². The molecule has 2 aromatic rings. The molecule has 1 unspecified atom stereocenters. The van der Waals surface area contributed by atoms with Gasteiger partial charge >= 0.3 is 0 Å². The number of nitrogens with one attached hydrogen (secondary N) is 1. The maximum atomic E-state index is 12.0. The standard InChI is InChI=1S/C18H24ClN3O2.2ClH/c1-12(2)9-15(10-20)22-17(23)7-8-18-21-11-16(24-18)13-3-5-14(19)6-4-13;;/h3-6,11-12,15H,7-10,20H2,1-2H3,(H,22,23);2*1H. The lowest BCUT2D eigenvalue weighted by Crippen LogP contribution is -2.41. The normalized spacial score (nSPS) is 11.4. The Labute approximate surface area is 171 Å². The van der Waals surface area contributed by atoms with Gasteiger partial charge in [-0.05, 0) is 36.6 Å². The molecular weight excluding hydrogens is 397 g/mol. The van der Waals surface area contributed by atoms with Crippen molar-refractivity contribution in [3.8, 4) is 11.3 Å². The Hall–Kier alpha value is -1.27. The van der Waals surface area contributed by atoms with E-state index in [-0.39, 0.29) is 36.8 Å². The summed E-state index contributed by atoms with van der Waals surface area (Å²) in [5, 5.41) is 3.64. The van der Waals surface area contributed by atoms with Gasteiger partial charge in [-0.3, -0.25) is 4.79 Å². The number of benzene rings is 1. The van der Waals surface area contributed by atoms with Crippen molar-refractivity contribution in [2.24, 2.45) is 11.7 Å². The largest absolute Gasteiger partial charge is 0.441 e. The Morgan fingerprint density at radius 3 is 2.50 bits per heavy atom. The van der Waals surface area contributed by atoms with Crippen molar-refractivity contribution >= 4 is 42.3 Å². The van der Waals surface area contributed by atoms with Gasteiger partial charge in [-0.1, -0.05) is 25.4 Å². The molecule has 3 N–H and O–H groups in total. The summed E-state index contributed by atoms with van der Waals surface area (Å²) >= 11 is 5.87. The van der Waals surface area contributed by atoms with Crippen LogP contribution in [0.1, 0.15) is 32.6 Å². The van der Waals surface area contributed by atoms with Crippen molar-refractivity contribution in [1.29, 1.82) is 0 Å². The van der Waals surface area contributed by atoms with Crippen molar-refractivity contribution in [2.75, 3.05) is 6.54 Å². The van der Waals surface area contributed by atoms with E-state index in [1.54, 1.807) is 18.3 Å². The summed E-state index contributed by atoms with van der Waals surface area (Å²) in [5.74, 6) is 1.68. The van der Waals surface area contributed by atoms with E-state index in [0.717, 1.165) is 12.0 Å². The number of carbonyl (C=O) groups excluding carboxylic acids is 1. The number of amides is 1. The summed E-state index contributed by atoms with van der Waals surface area (Å²) in [4.78, 5) is 16.3. The number of carbonyl (C=O) groups is 1. The SMILES string of the molecule is CC(C)CC(CN)NC(=O)CCc1ncc(-c2ccc(Cl)cc2)o1.Cl.Cl. The van der Waals surface area contributed by atoms with E-state index in [4.69, 9.17) is 21.8 Å². The zero-order chi connectivity index (χ0) is 17.5. The van der Waals surface area contributed by atoms with Crippen LogP contribution >= 0.6 is 36.4 Å². The number of nitrogens with two attached hydrogens (primary N) is 1. The first-order valence-electron chi connectivity index (χ1n) is 8.18. The van der Waals surface area contributed by atoms with Crippen LogP contribution in [0.2, 0.25) is 5.02 Å². The molecule has 0 aliphatic carbocycles. The Bertz CT molecular complexity index is 660. The van der Waals surface area contributed by atoms with Gasteiger partial charge < -0.3 is 15.5 Å². The Morgan fingerprint density at radius 1 is 1.27 bits per heavy atom. The van der Waals surface area contributed by atoms with Gasteiger partial charge in [0.25, 0.3) is 0 Å². The minimum absolute atomic E-state index is 0. The van der Waals surface area contributed by atoms with Crippen molar-refractivity contribution in [3.05, 3.63) is 41.4 Å². The van der Waals surface area contributed by atoms with Crippen LogP contribution in [-0.2, 0) is 11.2 Å². The van der Waals surface area contributed by atoms with Crippen LogP contribution in [0.15, 0.2) is 34.9 Å². The molecule has 8 heteroatoms. The summed E-state index contributed by atoms with van der Waals surface area (Å²) < 4.78 is 5.70. The van der Waals surface area contributed by atoms with E-state index in [1.807, 2.05) is 12.1 Å². The quantitative estimate of drug-likeness (QED) is 0.666. The number of halogens is 3. The highest BCUT2D eigenvalue weighted by atomic mass is 35.5. The first-order chi connectivity index (χ1) is 11.5. The molecule has 146 valence electrons. The first-order valence-corrected chi connectivity index (χ1v) is 8.55. The Morgan fingerprint density at radius 2 is 1.92 bits per heavy atom. The third-order valence-electron chi connectivity index (χ3n) is 3.65. The van der Waals surface area contributed by atoms with Crippen LogP contribution in [0.25, 0.3) is 11.3 Å². The predicted octanol–water partition coefficient (Wildman–Crippen LogP) is 4.26. The van der Waals surface area contributed by atoms with Crippen molar-refractivity contribution in [1.82, 2.24) is 10.3 Å². The molecule has 0 saturated carbocycles. The zero-order valence-electron chi connectivity index (χ0n) is 14.9. The molecule has 1 amide bonds. The van der Waals surface area contributed by atoms with Crippen LogP contribution < -0.4 is 11.1 Å². The number of rotatable bonds is 8. The lowest BCUT2D eigenvalue weighted by molar-refractivity contribution is -0.121. The molecule has 5 nitrogen and oxygen atoms in total. The van der Waals surface area contributed by atoms with Crippen molar-refractivity contribution in [3.63, 3.8) is 0 Å². The van der Waals surface area contributed by atoms with E-state index in [0.29, 0.717) is 42.0 Å². The Balaban J connectivity index is 0.00000312. The molecule has 1 heterocycles. The van der Waals surface area contributed by atoms with Gasteiger partial charge in [-0.2, -0.15) is 0 Å². The lowest BCUT2D eigenvalue weighted by Gasteiger charge is -2.18. The fourth-order valence-electron chi connectivity index (χ4n) is 2.48. The topological polar surface area (TPSA) is 81.1 Å². The van der Waals surface area contributed by atoms with Gasteiger partial charge in [0.2, 0.25) is 5.91 Å². The van der Waals surface area contributed by atoms with Crippen molar-refractivity contribution < 1.29 is 9.21 Å². The van der Waals surface area contributed by atoms with Gasteiger partial charge in [0.15, 0.2) is 11.7 Å². The average molecular weight is 423 g/mol. The summed E-state index contributed by atoms with van der Waals surface area (Å²) in [6.45, 7) is 4.67. The van der Waals surface area contributed by atoms with Crippen LogP contribution in [0.4, 0.5) is 0 Å². The minimum Gasteiger partial charge on any atom is -0.441 e. The molecule has 26 heavy (non-hydrogen) atoms. The first kappa shape index (κ1) is 24.7. The summed E-state index contributed by atoms with van der Waals surface area (Å²) in [6, 6.07) is 7.36. The van der Waals surface area contributed by atoms with E-state index in [1.165, 1.54) is 0 Å². The third-order valence-corrected chi connectivity index (χ3v) is 3.91. The minimum atomic E-state index is -0.0302. The highest BCUT2D eigenvalue weighted by molar-refractivity contribution is 6.30. The smallest absolute Gasteiger partial charge is 0.220 e. The second-order valence-corrected chi connectivity index (χ2v) is 6.69. The second kappa shape index (κ2) is 12.2. The van der Waals surface area contributed by atoms with Crippen LogP contribution in [0.3, 0.4) is 0 Å². The number of hydrogen-bond donors (Lipinski definition) is 2. The molecule has 0 spiro atoms. The molecule has 1 aromatic carbocycles. The third kappa shape index (κ3) is 7.96. The van der Waals surface area contributed by atoms with Crippen LogP contribution in [-0.4, -0.2) is 23.5 Å². The maximum Gasteiger partial charge on any atom is 0.220 e. The number of aromatic nitrogens is 1. The monoisotopic (exact) mass is 421 g/mol. The highest BCUT2D eigenvalue weighted by Crippen LogP contribution is 2.22. The lowest BCUT2D eigenvalue weighted by atomic mass is 10.0. The molecule has 0 aliphatic heterocycles. The summed E-state index contributed by atoms with van der Waals surface area (Å²) in [5.41, 5.74) is 6.61. The molecule has 0 bridgehead atoms. The van der Waals surface area contributed by atoms with Crippen LogP contribution in [0.5, 0.6) is 0 Å². The molecule has 0 aliphatic rings. The highest BCUT2D eigenvalue weighted by Gasteiger charge is 2.14. The van der Waals surface area contributed by atoms with E-state index in [2.05, 4.69) is 24.1 Å². The van der Waals surface area contributed by atoms with E-state index < -0.39 is 0 Å². The molecule has 2 rings (SSSR count). The van der Waals surface area contributed by atoms with Crippen LogP contribution in [0, 0.1) is 5.92 Å². The predicted molar refractivity (Wildman–Crippen MR) is 110 cm³/mol. The molecule has 1 atom stereocenters. The zero-order valence-corrected chi connectivity index (χ0v) is 17.3. The number of aryl methyl sites for hydroxylation is 1. The van der Waals surface area contributed by atoms with Gasteiger partial charge in [-0.15, -0.1) is 24.8 Å². The van der Waals surface area contributed by atoms with E-state index >= 15 is 0 Å². The summed E-state index contributed by atoms with van der Waals surface area (Å²) in [7, 11) is 0. The fraction of sp³-hybridized carbons (Fsp3) is 0.444. The number of nitrogens with zero attached hydrogens (tertiary/aromatic N) is 1. The average Bonchev–Trinajstić information content (AvgIpc) is 3.01. The van der Waals surface area contributed by atoms with Gasteiger partial charge in [0.05, 0.1) is 6.20 Å².